The highest BCUT2D eigenvalue weighted by molar-refractivity contribution is 7.99. The normalized spacial score (nSPS) is 11.7. The van der Waals surface area contributed by atoms with Crippen molar-refractivity contribution in [3.8, 4) is 0 Å². The number of sulfonamides is 1. The molecule has 9 heteroatoms. The van der Waals surface area contributed by atoms with E-state index in [1.54, 1.807) is 30.0 Å². The van der Waals surface area contributed by atoms with Crippen molar-refractivity contribution in [1.29, 1.82) is 0 Å². The number of benzene rings is 2. The summed E-state index contributed by atoms with van der Waals surface area (Å²) in [4.78, 5) is 9.79. The topological polar surface area (TPSA) is 96.0 Å². The summed E-state index contributed by atoms with van der Waals surface area (Å²) in [6.45, 7) is 8.62. The fraction of sp³-hybridized carbons (Fsp3) is 0.333. The molecule has 176 valence electrons. The number of aromatic nitrogens is 2. The Labute approximate surface area is 200 Å². The van der Waals surface area contributed by atoms with Crippen molar-refractivity contribution in [3.63, 3.8) is 0 Å². The Bertz CT molecular complexity index is 1180. The summed E-state index contributed by atoms with van der Waals surface area (Å²) >= 11 is 1.67. The lowest BCUT2D eigenvalue weighted by atomic mass is 10.0. The molecule has 0 saturated heterocycles. The highest BCUT2D eigenvalue weighted by atomic mass is 32.2. The lowest BCUT2D eigenvalue weighted by Crippen LogP contribution is -2.18. The second kappa shape index (κ2) is 11.0. The number of hydrogen-bond donors (Lipinski definition) is 3. The van der Waals surface area contributed by atoms with E-state index in [0.29, 0.717) is 29.2 Å². The molecular weight excluding hydrogens is 454 g/mol. The Morgan fingerprint density at radius 3 is 2.18 bits per heavy atom. The van der Waals surface area contributed by atoms with E-state index in [2.05, 4.69) is 65.2 Å². The first kappa shape index (κ1) is 25.0. The number of nitrogens with one attached hydrogen (secondary N) is 3. The van der Waals surface area contributed by atoms with Crippen molar-refractivity contribution < 1.29 is 8.42 Å². The van der Waals surface area contributed by atoms with Crippen molar-refractivity contribution in [2.24, 2.45) is 5.92 Å². The maximum atomic E-state index is 12.3. The molecule has 0 saturated carbocycles. The van der Waals surface area contributed by atoms with E-state index >= 15 is 0 Å². The van der Waals surface area contributed by atoms with Crippen molar-refractivity contribution in [1.82, 2.24) is 14.7 Å². The van der Waals surface area contributed by atoms with Gasteiger partial charge in [-0.2, -0.15) is 0 Å². The predicted molar refractivity (Wildman–Crippen MR) is 137 cm³/mol. The van der Waals surface area contributed by atoms with E-state index in [0.717, 1.165) is 16.3 Å². The zero-order valence-electron chi connectivity index (χ0n) is 19.6. The van der Waals surface area contributed by atoms with Crippen LogP contribution >= 0.6 is 11.8 Å². The van der Waals surface area contributed by atoms with Crippen LogP contribution in [-0.4, -0.2) is 31.2 Å². The molecule has 1 aromatic heterocycles. The van der Waals surface area contributed by atoms with Gasteiger partial charge < -0.3 is 10.6 Å². The van der Waals surface area contributed by atoms with E-state index in [1.807, 2.05) is 18.2 Å². The van der Waals surface area contributed by atoms with E-state index in [1.165, 1.54) is 18.9 Å². The fourth-order valence-electron chi connectivity index (χ4n) is 3.01. The van der Waals surface area contributed by atoms with E-state index in [9.17, 15) is 8.42 Å². The molecule has 0 amide bonds. The Morgan fingerprint density at radius 1 is 0.909 bits per heavy atom. The van der Waals surface area contributed by atoms with E-state index < -0.39 is 10.0 Å². The Kier molecular flexibility index (Phi) is 8.34. The molecule has 0 spiro atoms. The number of hydrogen-bond acceptors (Lipinski definition) is 7. The van der Waals surface area contributed by atoms with Crippen LogP contribution in [0.1, 0.15) is 39.2 Å². The van der Waals surface area contributed by atoms with Crippen molar-refractivity contribution in [3.05, 3.63) is 60.4 Å². The van der Waals surface area contributed by atoms with Crippen LogP contribution in [0.15, 0.2) is 64.6 Å². The smallest absolute Gasteiger partial charge is 0.240 e. The van der Waals surface area contributed by atoms with Crippen LogP contribution in [0.2, 0.25) is 0 Å². The van der Waals surface area contributed by atoms with Crippen LogP contribution in [0.4, 0.5) is 23.0 Å². The first-order valence-corrected chi connectivity index (χ1v) is 13.3. The van der Waals surface area contributed by atoms with Crippen molar-refractivity contribution in [2.45, 2.75) is 43.4 Å². The second-order valence-electron chi connectivity index (χ2n) is 8.39. The molecule has 33 heavy (non-hydrogen) atoms. The van der Waals surface area contributed by atoms with Gasteiger partial charge in [0, 0.05) is 22.4 Å². The number of rotatable bonds is 10. The molecule has 7 nitrogen and oxygen atoms in total. The zero-order chi connectivity index (χ0) is 24.0. The molecule has 3 aromatic rings. The van der Waals surface area contributed by atoms with Gasteiger partial charge in [0.25, 0.3) is 0 Å². The van der Waals surface area contributed by atoms with Crippen molar-refractivity contribution >= 4 is 44.8 Å². The molecule has 2 aromatic carbocycles. The van der Waals surface area contributed by atoms with Crippen LogP contribution < -0.4 is 15.4 Å². The van der Waals surface area contributed by atoms with E-state index in [4.69, 9.17) is 0 Å². The Morgan fingerprint density at radius 2 is 1.58 bits per heavy atom. The highest BCUT2D eigenvalue weighted by Gasteiger charge is 2.15. The SMILES string of the molecule is CNS(=O)(=O)c1ccc(SCC(C)C)c(Nc2cc(Nc3ccc(C(C)C)cc3)ncn2)c1. The summed E-state index contributed by atoms with van der Waals surface area (Å²) in [6.07, 6.45) is 1.47. The number of thioether (sulfide) groups is 1. The van der Waals surface area contributed by atoms with Gasteiger partial charge in [0.15, 0.2) is 0 Å². The molecule has 3 N–H and O–H groups in total. The minimum absolute atomic E-state index is 0.194. The summed E-state index contributed by atoms with van der Waals surface area (Å²) in [5.74, 6) is 3.09. The average molecular weight is 486 g/mol. The summed E-state index contributed by atoms with van der Waals surface area (Å²) in [5.41, 5.74) is 2.88. The molecule has 1 heterocycles. The van der Waals surface area contributed by atoms with Gasteiger partial charge in [-0.25, -0.2) is 23.1 Å². The van der Waals surface area contributed by atoms with Crippen molar-refractivity contribution in [2.75, 3.05) is 23.4 Å². The summed E-state index contributed by atoms with van der Waals surface area (Å²) in [5, 5.41) is 6.57. The maximum absolute atomic E-state index is 12.3. The highest BCUT2D eigenvalue weighted by Crippen LogP contribution is 2.33. The standard InChI is InChI=1S/C24H31N5O2S2/c1-16(2)14-32-22-11-10-20(33(30,31)25-5)12-21(22)29-24-13-23(26-15-27-24)28-19-8-6-18(7-9-19)17(3)4/h6-13,15-17,25H,14H2,1-5H3,(H2,26,27,28,29). The zero-order valence-corrected chi connectivity index (χ0v) is 21.2. The molecule has 3 rings (SSSR count). The minimum atomic E-state index is -3.56. The first-order chi connectivity index (χ1) is 15.7. The molecule has 0 radical (unpaired) electrons. The van der Waals surface area contributed by atoms with Crippen LogP contribution in [0.25, 0.3) is 0 Å². The lowest BCUT2D eigenvalue weighted by Gasteiger charge is -2.15. The lowest BCUT2D eigenvalue weighted by molar-refractivity contribution is 0.588. The molecule has 0 aliphatic carbocycles. The second-order valence-corrected chi connectivity index (χ2v) is 11.3. The van der Waals surface area contributed by atoms with Gasteiger partial charge in [-0.15, -0.1) is 11.8 Å². The van der Waals surface area contributed by atoms with Gasteiger partial charge >= 0.3 is 0 Å². The molecular formula is C24H31N5O2S2. The quantitative estimate of drug-likeness (QED) is 0.315. The number of anilines is 4. The van der Waals surface area contributed by atoms with Gasteiger partial charge in [0.2, 0.25) is 10.0 Å². The van der Waals surface area contributed by atoms with Gasteiger partial charge in [0.05, 0.1) is 10.6 Å². The average Bonchev–Trinajstić information content (AvgIpc) is 2.78. The van der Waals surface area contributed by atoms with Crippen LogP contribution in [0.5, 0.6) is 0 Å². The van der Waals surface area contributed by atoms with Gasteiger partial charge in [-0.3, -0.25) is 0 Å². The van der Waals surface area contributed by atoms with E-state index in [-0.39, 0.29) is 4.90 Å². The van der Waals surface area contributed by atoms with Gasteiger partial charge in [0.1, 0.15) is 18.0 Å². The van der Waals surface area contributed by atoms with Crippen LogP contribution in [0.3, 0.4) is 0 Å². The largest absolute Gasteiger partial charge is 0.340 e. The third kappa shape index (κ3) is 6.93. The summed E-state index contributed by atoms with van der Waals surface area (Å²) in [7, 11) is -2.16. The molecule has 0 fully saturated rings. The van der Waals surface area contributed by atoms with Crippen LogP contribution in [0, 0.1) is 5.92 Å². The fourth-order valence-corrected chi connectivity index (χ4v) is 4.70. The Balaban J connectivity index is 1.86. The molecule has 0 bridgehead atoms. The summed E-state index contributed by atoms with van der Waals surface area (Å²) < 4.78 is 27.0. The summed E-state index contributed by atoms with van der Waals surface area (Å²) in [6, 6.07) is 15.1. The Hall–Kier alpha value is -2.62. The van der Waals surface area contributed by atoms with Gasteiger partial charge in [-0.05, 0) is 54.8 Å². The van der Waals surface area contributed by atoms with Crippen LogP contribution in [-0.2, 0) is 10.0 Å². The number of nitrogens with zero attached hydrogens (tertiary/aromatic N) is 2. The maximum Gasteiger partial charge on any atom is 0.240 e. The third-order valence-corrected chi connectivity index (χ3v) is 7.79. The first-order valence-electron chi connectivity index (χ1n) is 10.8. The third-order valence-electron chi connectivity index (χ3n) is 4.88. The molecule has 0 unspecified atom stereocenters. The minimum Gasteiger partial charge on any atom is -0.340 e. The predicted octanol–water partition coefficient (Wildman–Crippen LogP) is 5.74. The molecule has 0 aliphatic rings. The monoisotopic (exact) mass is 485 g/mol. The van der Waals surface area contributed by atoms with Gasteiger partial charge in [-0.1, -0.05) is 39.8 Å². The molecule has 0 aliphatic heterocycles. The molecule has 0 atom stereocenters.